The number of fused-ring (bicyclic) bond motifs is 1. The van der Waals surface area contributed by atoms with E-state index in [0.29, 0.717) is 53.5 Å². The van der Waals surface area contributed by atoms with Gasteiger partial charge in [-0.1, -0.05) is 17.7 Å². The first kappa shape index (κ1) is 25.4. The van der Waals surface area contributed by atoms with Gasteiger partial charge in [0.2, 0.25) is 5.91 Å². The zero-order valence-electron chi connectivity index (χ0n) is 19.8. The molecule has 36 heavy (non-hydrogen) atoms. The van der Waals surface area contributed by atoms with Crippen LogP contribution in [-0.4, -0.2) is 55.7 Å². The van der Waals surface area contributed by atoms with E-state index in [-0.39, 0.29) is 22.6 Å². The fourth-order valence-corrected chi connectivity index (χ4v) is 3.91. The van der Waals surface area contributed by atoms with Gasteiger partial charge < -0.3 is 25.0 Å². The molecule has 0 bridgehead atoms. The Morgan fingerprint density at radius 1 is 1.36 bits per heavy atom. The average Bonchev–Trinajstić information content (AvgIpc) is 3.36. The Labute approximate surface area is 213 Å². The third kappa shape index (κ3) is 5.91. The molecule has 8 nitrogen and oxygen atoms in total. The lowest BCUT2D eigenvalue weighted by atomic mass is 10.1. The SMILES string of the molecule is CN(C)C/C=C/C(=O)Nc1c(O[C@H]2CCOC2)ccc2c(Nc3ccc(F)c(Cl)c3)c(C#N)cnc12. The van der Waals surface area contributed by atoms with Gasteiger partial charge in [0.05, 0.1) is 35.0 Å². The fraction of sp³-hybridized carbons (Fsp3) is 0.269. The number of aromatic nitrogens is 1. The van der Waals surface area contributed by atoms with Crippen molar-refractivity contribution >= 4 is 45.5 Å². The number of benzene rings is 2. The molecule has 1 amide bonds. The maximum atomic E-state index is 13.7. The third-order valence-corrected chi connectivity index (χ3v) is 5.77. The van der Waals surface area contributed by atoms with E-state index < -0.39 is 5.82 Å². The molecule has 1 aliphatic heterocycles. The number of nitrogens with one attached hydrogen (secondary N) is 2. The van der Waals surface area contributed by atoms with Gasteiger partial charge >= 0.3 is 0 Å². The lowest BCUT2D eigenvalue weighted by Gasteiger charge is -2.19. The van der Waals surface area contributed by atoms with E-state index in [2.05, 4.69) is 21.7 Å². The highest BCUT2D eigenvalue weighted by Gasteiger charge is 2.22. The summed E-state index contributed by atoms with van der Waals surface area (Å²) in [6.45, 7) is 1.65. The minimum atomic E-state index is -0.549. The van der Waals surface area contributed by atoms with Crippen LogP contribution in [0.15, 0.2) is 48.7 Å². The number of nitrogens with zero attached hydrogens (tertiary/aromatic N) is 3. The molecule has 1 fully saturated rings. The Balaban J connectivity index is 1.78. The first-order valence-corrected chi connectivity index (χ1v) is 11.7. The fourth-order valence-electron chi connectivity index (χ4n) is 3.72. The van der Waals surface area contributed by atoms with Crippen LogP contribution < -0.4 is 15.4 Å². The van der Waals surface area contributed by atoms with Crippen LogP contribution in [0.4, 0.5) is 21.5 Å². The Morgan fingerprint density at radius 3 is 2.89 bits per heavy atom. The summed E-state index contributed by atoms with van der Waals surface area (Å²) in [5.41, 5.74) is 2.01. The van der Waals surface area contributed by atoms with Gasteiger partial charge in [-0.05, 0) is 44.4 Å². The number of ether oxygens (including phenoxy) is 2. The van der Waals surface area contributed by atoms with E-state index >= 15 is 0 Å². The Kier molecular flexibility index (Phi) is 8.00. The highest BCUT2D eigenvalue weighted by atomic mass is 35.5. The van der Waals surface area contributed by atoms with Crippen molar-refractivity contribution in [2.45, 2.75) is 12.5 Å². The van der Waals surface area contributed by atoms with Crippen molar-refractivity contribution < 1.29 is 18.7 Å². The summed E-state index contributed by atoms with van der Waals surface area (Å²) in [5.74, 6) is -0.449. The van der Waals surface area contributed by atoms with Crippen molar-refractivity contribution in [3.8, 4) is 11.8 Å². The van der Waals surface area contributed by atoms with Gasteiger partial charge in [-0.3, -0.25) is 9.78 Å². The predicted octanol–water partition coefficient (Wildman–Crippen LogP) is 4.87. The molecule has 1 atom stereocenters. The minimum Gasteiger partial charge on any atom is -0.486 e. The molecule has 1 saturated heterocycles. The molecular formula is C26H25ClFN5O3. The summed E-state index contributed by atoms with van der Waals surface area (Å²) in [6, 6.07) is 9.80. The Hall–Kier alpha value is -3.71. The molecule has 186 valence electrons. The van der Waals surface area contributed by atoms with Crippen LogP contribution in [0.1, 0.15) is 12.0 Å². The number of pyridine rings is 1. The van der Waals surface area contributed by atoms with Gasteiger partial charge in [0, 0.05) is 36.3 Å². The van der Waals surface area contributed by atoms with Crippen molar-refractivity contribution in [3.63, 3.8) is 0 Å². The standard InChI is InChI=1S/C26H25ClFN5O3/c1-33(2)10-3-4-23(34)32-26-22(36-18-9-11-35-15-18)8-6-19-24(16(13-29)14-30-25(19)26)31-17-5-7-21(28)20(27)12-17/h3-8,12,14,18H,9-11,15H2,1-2H3,(H,30,31)(H,32,34)/b4-3+/t18-/m0/s1. The highest BCUT2D eigenvalue weighted by molar-refractivity contribution is 6.31. The number of halogens is 2. The first-order valence-electron chi connectivity index (χ1n) is 11.3. The van der Waals surface area contributed by atoms with Crippen LogP contribution in [0.5, 0.6) is 5.75 Å². The number of nitriles is 1. The molecule has 0 unspecified atom stereocenters. The highest BCUT2D eigenvalue weighted by Crippen LogP contribution is 2.39. The van der Waals surface area contributed by atoms with Crippen molar-refractivity contribution in [2.24, 2.45) is 0 Å². The molecule has 2 heterocycles. The summed E-state index contributed by atoms with van der Waals surface area (Å²) in [4.78, 5) is 19.2. The van der Waals surface area contributed by atoms with E-state index in [1.165, 1.54) is 30.5 Å². The van der Waals surface area contributed by atoms with Gasteiger partial charge in [0.25, 0.3) is 0 Å². The molecule has 0 spiro atoms. The number of hydrogen-bond acceptors (Lipinski definition) is 7. The van der Waals surface area contributed by atoms with Gasteiger partial charge in [-0.2, -0.15) is 5.26 Å². The average molecular weight is 510 g/mol. The van der Waals surface area contributed by atoms with E-state index in [4.69, 9.17) is 21.1 Å². The molecule has 4 rings (SSSR count). The zero-order valence-corrected chi connectivity index (χ0v) is 20.6. The van der Waals surface area contributed by atoms with Gasteiger partial charge in [0.15, 0.2) is 0 Å². The zero-order chi connectivity index (χ0) is 25.7. The van der Waals surface area contributed by atoms with E-state index in [1.54, 1.807) is 18.2 Å². The number of amides is 1. The maximum absolute atomic E-state index is 13.7. The van der Waals surface area contributed by atoms with Crippen molar-refractivity contribution in [3.05, 3.63) is 65.1 Å². The number of carbonyl (C=O) groups excluding carboxylic acids is 1. The third-order valence-electron chi connectivity index (χ3n) is 5.48. The summed E-state index contributed by atoms with van der Waals surface area (Å²) < 4.78 is 25.2. The second-order valence-corrected chi connectivity index (χ2v) is 8.91. The molecule has 1 aromatic heterocycles. The van der Waals surface area contributed by atoms with Crippen LogP contribution in [-0.2, 0) is 9.53 Å². The predicted molar refractivity (Wildman–Crippen MR) is 137 cm³/mol. The van der Waals surface area contributed by atoms with Crippen LogP contribution in [0.3, 0.4) is 0 Å². The normalized spacial score (nSPS) is 15.4. The molecule has 2 N–H and O–H groups in total. The summed E-state index contributed by atoms with van der Waals surface area (Å²) in [6.07, 6.45) is 5.19. The van der Waals surface area contributed by atoms with Gasteiger partial charge in [-0.15, -0.1) is 0 Å². The van der Waals surface area contributed by atoms with Crippen LogP contribution in [0.2, 0.25) is 5.02 Å². The number of hydrogen-bond donors (Lipinski definition) is 2. The van der Waals surface area contributed by atoms with Gasteiger partial charge in [0.1, 0.15) is 29.4 Å². The molecule has 1 aliphatic rings. The van der Waals surface area contributed by atoms with Crippen LogP contribution >= 0.6 is 11.6 Å². The molecule has 2 aromatic carbocycles. The molecule has 3 aromatic rings. The topological polar surface area (TPSA) is 99.5 Å². The monoisotopic (exact) mass is 509 g/mol. The Morgan fingerprint density at radius 2 is 2.19 bits per heavy atom. The van der Waals surface area contributed by atoms with Crippen molar-refractivity contribution in [1.82, 2.24) is 9.88 Å². The summed E-state index contributed by atoms with van der Waals surface area (Å²) in [7, 11) is 3.81. The minimum absolute atomic E-state index is 0.0520. The van der Waals surface area contributed by atoms with E-state index in [9.17, 15) is 14.4 Å². The van der Waals surface area contributed by atoms with Crippen molar-refractivity contribution in [2.75, 3.05) is 44.5 Å². The molecular weight excluding hydrogens is 485 g/mol. The van der Waals surface area contributed by atoms with E-state index in [0.717, 1.165) is 6.42 Å². The quantitative estimate of drug-likeness (QED) is 0.418. The van der Waals surface area contributed by atoms with Gasteiger partial charge in [-0.25, -0.2) is 4.39 Å². The smallest absolute Gasteiger partial charge is 0.248 e. The summed E-state index contributed by atoms with van der Waals surface area (Å²) in [5, 5.41) is 16.3. The first-order chi connectivity index (χ1) is 17.4. The lowest BCUT2D eigenvalue weighted by Crippen LogP contribution is -2.18. The molecule has 10 heteroatoms. The second-order valence-electron chi connectivity index (χ2n) is 8.50. The number of carbonyl (C=O) groups is 1. The lowest BCUT2D eigenvalue weighted by molar-refractivity contribution is -0.111. The second kappa shape index (κ2) is 11.4. The number of likely N-dealkylation sites (N-methyl/N-ethyl adjacent to an activating group) is 1. The van der Waals surface area contributed by atoms with Crippen LogP contribution in [0, 0.1) is 17.1 Å². The van der Waals surface area contributed by atoms with E-state index in [1.807, 2.05) is 19.0 Å². The number of rotatable bonds is 8. The molecule has 0 aliphatic carbocycles. The Bertz CT molecular complexity index is 1350. The maximum Gasteiger partial charge on any atom is 0.248 e. The summed E-state index contributed by atoms with van der Waals surface area (Å²) >= 11 is 5.94. The number of anilines is 3. The largest absolute Gasteiger partial charge is 0.486 e. The van der Waals surface area contributed by atoms with Crippen molar-refractivity contribution in [1.29, 1.82) is 5.26 Å². The molecule has 0 radical (unpaired) electrons. The molecule has 0 saturated carbocycles. The van der Waals surface area contributed by atoms with Crippen LogP contribution in [0.25, 0.3) is 10.9 Å².